The molecule has 0 saturated heterocycles. The Morgan fingerprint density at radius 2 is 2.04 bits per heavy atom. The standard InChI is InChI=1S/C24H28O3/c1-4-5-14-24-15-13-17(2)16-20(24)21(12-11-18(3)22(24)25)27-23(26)19-9-7-6-8-10-19/h4,6-10,13,15-16,18,20-21H,1,5,11-12,14H2,2-3H3/t18-,20-,21+,24-/m0/s1. The van der Waals surface area contributed by atoms with Gasteiger partial charge in [0.1, 0.15) is 11.9 Å². The molecule has 4 atom stereocenters. The molecular weight excluding hydrogens is 336 g/mol. The topological polar surface area (TPSA) is 43.4 Å². The van der Waals surface area contributed by atoms with E-state index < -0.39 is 5.41 Å². The van der Waals surface area contributed by atoms with Crippen LogP contribution in [0.5, 0.6) is 0 Å². The zero-order valence-corrected chi connectivity index (χ0v) is 16.2. The second-order valence-electron chi connectivity index (χ2n) is 7.79. The van der Waals surface area contributed by atoms with E-state index in [2.05, 4.69) is 18.7 Å². The number of hydrogen-bond donors (Lipinski definition) is 0. The maximum atomic E-state index is 13.4. The molecule has 3 nitrogen and oxygen atoms in total. The van der Waals surface area contributed by atoms with Crippen LogP contribution in [0.15, 0.2) is 66.8 Å². The lowest BCUT2D eigenvalue weighted by molar-refractivity contribution is -0.132. The summed E-state index contributed by atoms with van der Waals surface area (Å²) in [7, 11) is 0. The van der Waals surface area contributed by atoms with Crippen LogP contribution < -0.4 is 0 Å². The second-order valence-corrected chi connectivity index (χ2v) is 7.79. The number of Topliss-reactive ketones (excluding diaryl/α,β-unsaturated/α-hetero) is 1. The Morgan fingerprint density at radius 1 is 1.30 bits per heavy atom. The molecule has 0 bridgehead atoms. The molecule has 1 aromatic carbocycles. The molecule has 3 heteroatoms. The third-order valence-electron chi connectivity index (χ3n) is 5.90. The van der Waals surface area contributed by atoms with Gasteiger partial charge in [-0.25, -0.2) is 4.79 Å². The highest BCUT2D eigenvalue weighted by Crippen LogP contribution is 2.48. The third kappa shape index (κ3) is 3.83. The molecule has 0 aliphatic heterocycles. The largest absolute Gasteiger partial charge is 0.458 e. The van der Waals surface area contributed by atoms with Gasteiger partial charge in [0.15, 0.2) is 0 Å². The highest BCUT2D eigenvalue weighted by Gasteiger charge is 2.50. The van der Waals surface area contributed by atoms with Crippen LogP contribution in [0, 0.1) is 17.3 Å². The minimum Gasteiger partial charge on any atom is -0.458 e. The van der Waals surface area contributed by atoms with Gasteiger partial charge in [0, 0.05) is 11.8 Å². The van der Waals surface area contributed by atoms with E-state index in [0.29, 0.717) is 18.4 Å². The van der Waals surface area contributed by atoms with Crippen LogP contribution in [-0.4, -0.2) is 17.9 Å². The van der Waals surface area contributed by atoms with E-state index in [1.807, 2.05) is 44.2 Å². The van der Waals surface area contributed by atoms with Gasteiger partial charge >= 0.3 is 5.97 Å². The minimum absolute atomic E-state index is 0.0470. The van der Waals surface area contributed by atoms with E-state index in [0.717, 1.165) is 18.4 Å². The minimum atomic E-state index is -0.620. The van der Waals surface area contributed by atoms with E-state index in [1.165, 1.54) is 0 Å². The summed E-state index contributed by atoms with van der Waals surface area (Å²) in [5.41, 5.74) is 1.04. The maximum absolute atomic E-state index is 13.4. The molecule has 142 valence electrons. The van der Waals surface area contributed by atoms with Crippen molar-refractivity contribution in [2.75, 3.05) is 0 Å². The SMILES string of the molecule is C=CCC[C@]12C=CC(C)=C[C@H]1[C@H](OC(=O)c1ccccc1)CC[C@H](C)C2=O. The van der Waals surface area contributed by atoms with Crippen LogP contribution in [0.25, 0.3) is 0 Å². The van der Waals surface area contributed by atoms with E-state index in [9.17, 15) is 9.59 Å². The average Bonchev–Trinajstić information content (AvgIpc) is 2.78. The Morgan fingerprint density at radius 3 is 2.74 bits per heavy atom. The number of rotatable bonds is 5. The number of allylic oxidation sites excluding steroid dienone is 4. The summed E-state index contributed by atoms with van der Waals surface area (Å²) in [4.78, 5) is 26.1. The Kier molecular flexibility index (Phi) is 5.79. The lowest BCUT2D eigenvalue weighted by atomic mass is 9.63. The van der Waals surface area contributed by atoms with Crippen molar-refractivity contribution in [1.82, 2.24) is 0 Å². The molecule has 0 heterocycles. The molecular formula is C24H28O3. The van der Waals surface area contributed by atoms with Crippen LogP contribution in [0.4, 0.5) is 0 Å². The highest BCUT2D eigenvalue weighted by atomic mass is 16.5. The van der Waals surface area contributed by atoms with Crippen LogP contribution in [0.1, 0.15) is 49.9 Å². The fraction of sp³-hybridized carbons (Fsp3) is 0.417. The summed E-state index contributed by atoms with van der Waals surface area (Å²) in [5, 5.41) is 0. The molecule has 1 saturated carbocycles. The first-order chi connectivity index (χ1) is 13.0. The quantitative estimate of drug-likeness (QED) is 0.526. The number of ether oxygens (including phenoxy) is 1. The van der Waals surface area contributed by atoms with E-state index in [1.54, 1.807) is 12.1 Å². The van der Waals surface area contributed by atoms with Crippen molar-refractivity contribution < 1.29 is 14.3 Å². The molecule has 27 heavy (non-hydrogen) atoms. The summed E-state index contributed by atoms with van der Waals surface area (Å²) in [6.45, 7) is 7.86. The number of benzene rings is 1. The molecule has 0 N–H and O–H groups in total. The van der Waals surface area contributed by atoms with Crippen LogP contribution >= 0.6 is 0 Å². The lowest BCUT2D eigenvalue weighted by Gasteiger charge is -2.40. The molecule has 2 aliphatic rings. The first kappa shape index (κ1) is 19.3. The Hall–Kier alpha value is -2.42. The monoisotopic (exact) mass is 364 g/mol. The van der Waals surface area contributed by atoms with Gasteiger partial charge in [0.25, 0.3) is 0 Å². The molecule has 3 rings (SSSR count). The van der Waals surface area contributed by atoms with Crippen molar-refractivity contribution in [1.29, 1.82) is 0 Å². The van der Waals surface area contributed by atoms with Gasteiger partial charge in [-0.3, -0.25) is 4.79 Å². The fourth-order valence-electron chi connectivity index (χ4n) is 4.37. The number of carbonyl (C=O) groups is 2. The Balaban J connectivity index is 1.96. The molecule has 0 aromatic heterocycles. The lowest BCUT2D eigenvalue weighted by Crippen LogP contribution is -2.44. The van der Waals surface area contributed by atoms with Gasteiger partial charge in [-0.05, 0) is 44.7 Å². The predicted octanol–water partition coefficient (Wildman–Crippen LogP) is 5.30. The summed E-state index contributed by atoms with van der Waals surface area (Å²) < 4.78 is 5.98. The highest BCUT2D eigenvalue weighted by molar-refractivity contribution is 5.91. The number of esters is 1. The summed E-state index contributed by atoms with van der Waals surface area (Å²) in [6.07, 6.45) is 10.7. The fourth-order valence-corrected chi connectivity index (χ4v) is 4.37. The summed E-state index contributed by atoms with van der Waals surface area (Å²) in [5.74, 6) is -0.241. The van der Waals surface area contributed by atoms with Gasteiger partial charge in [-0.2, -0.15) is 0 Å². The molecule has 0 spiro atoms. The first-order valence-electron chi connectivity index (χ1n) is 9.77. The van der Waals surface area contributed by atoms with E-state index in [-0.39, 0.29) is 29.7 Å². The molecule has 0 unspecified atom stereocenters. The molecule has 1 aromatic rings. The number of carbonyl (C=O) groups excluding carboxylic acids is 2. The number of ketones is 1. The zero-order chi connectivity index (χ0) is 19.4. The second kappa shape index (κ2) is 8.08. The van der Waals surface area contributed by atoms with Crippen molar-refractivity contribution >= 4 is 11.8 Å². The predicted molar refractivity (Wildman–Crippen MR) is 107 cm³/mol. The number of hydrogen-bond acceptors (Lipinski definition) is 3. The Labute approximate surface area is 161 Å². The summed E-state index contributed by atoms with van der Waals surface area (Å²) in [6, 6.07) is 9.06. The van der Waals surface area contributed by atoms with Crippen LogP contribution in [0.3, 0.4) is 0 Å². The van der Waals surface area contributed by atoms with Gasteiger partial charge in [-0.15, -0.1) is 6.58 Å². The number of fused-ring (bicyclic) bond motifs is 1. The van der Waals surface area contributed by atoms with E-state index >= 15 is 0 Å². The maximum Gasteiger partial charge on any atom is 0.338 e. The van der Waals surface area contributed by atoms with E-state index in [4.69, 9.17) is 4.74 Å². The first-order valence-corrected chi connectivity index (χ1v) is 9.77. The smallest absolute Gasteiger partial charge is 0.338 e. The zero-order valence-electron chi connectivity index (χ0n) is 16.2. The van der Waals surface area contributed by atoms with Gasteiger partial charge < -0.3 is 4.74 Å². The average molecular weight is 364 g/mol. The molecule has 0 amide bonds. The third-order valence-corrected chi connectivity index (χ3v) is 5.90. The Bertz CT molecular complexity index is 774. The van der Waals surface area contributed by atoms with Crippen molar-refractivity contribution in [2.45, 2.75) is 45.6 Å². The van der Waals surface area contributed by atoms with Gasteiger partial charge in [0.2, 0.25) is 0 Å². The van der Waals surface area contributed by atoms with Gasteiger partial charge in [-0.1, -0.05) is 55.0 Å². The summed E-state index contributed by atoms with van der Waals surface area (Å²) >= 11 is 0. The van der Waals surface area contributed by atoms with Gasteiger partial charge in [0.05, 0.1) is 11.0 Å². The van der Waals surface area contributed by atoms with Crippen molar-refractivity contribution in [3.8, 4) is 0 Å². The van der Waals surface area contributed by atoms with Crippen molar-refractivity contribution in [2.24, 2.45) is 17.3 Å². The van der Waals surface area contributed by atoms with Crippen LogP contribution in [0.2, 0.25) is 0 Å². The molecule has 1 fully saturated rings. The van der Waals surface area contributed by atoms with Crippen molar-refractivity contribution in [3.63, 3.8) is 0 Å². The molecule has 2 aliphatic carbocycles. The normalized spacial score (nSPS) is 30.1. The molecule has 0 radical (unpaired) electrons. The van der Waals surface area contributed by atoms with Crippen LogP contribution in [-0.2, 0) is 9.53 Å². The van der Waals surface area contributed by atoms with Crippen molar-refractivity contribution in [3.05, 3.63) is 72.4 Å².